The smallest absolute Gasteiger partial charge is 0.0763 e. The van der Waals surface area contributed by atoms with Gasteiger partial charge in [-0.1, -0.05) is 6.42 Å². The van der Waals surface area contributed by atoms with Crippen molar-refractivity contribution in [2.24, 2.45) is 0 Å². The van der Waals surface area contributed by atoms with Gasteiger partial charge in [0, 0.05) is 12.6 Å². The molecule has 75 valence electrons. The van der Waals surface area contributed by atoms with Gasteiger partial charge in [0.1, 0.15) is 0 Å². The lowest BCUT2D eigenvalue weighted by molar-refractivity contribution is 0.0660. The van der Waals surface area contributed by atoms with Crippen LogP contribution in [-0.2, 0) is 0 Å². The van der Waals surface area contributed by atoms with Crippen LogP contribution in [0.3, 0.4) is 0 Å². The van der Waals surface area contributed by atoms with Gasteiger partial charge in [0.15, 0.2) is 0 Å². The van der Waals surface area contributed by atoms with E-state index in [1.165, 1.54) is 45.1 Å². The van der Waals surface area contributed by atoms with Gasteiger partial charge in [-0.2, -0.15) is 0 Å². The molecule has 2 heterocycles. The van der Waals surface area contributed by atoms with Crippen molar-refractivity contribution in [2.75, 3.05) is 13.1 Å². The van der Waals surface area contributed by atoms with E-state index in [2.05, 4.69) is 11.8 Å². The highest BCUT2D eigenvalue weighted by molar-refractivity contribution is 4.80. The van der Waals surface area contributed by atoms with Crippen molar-refractivity contribution in [3.05, 3.63) is 0 Å². The van der Waals surface area contributed by atoms with Gasteiger partial charge in [0.25, 0.3) is 0 Å². The summed E-state index contributed by atoms with van der Waals surface area (Å²) in [6.45, 7) is 4.76. The summed E-state index contributed by atoms with van der Waals surface area (Å²) in [5.74, 6) is 0. The second kappa shape index (κ2) is 4.43. The van der Waals surface area contributed by atoms with Crippen LogP contribution in [0.15, 0.2) is 0 Å². The van der Waals surface area contributed by atoms with Crippen molar-refractivity contribution < 1.29 is 0 Å². The Morgan fingerprint density at radius 2 is 1.92 bits per heavy atom. The summed E-state index contributed by atoms with van der Waals surface area (Å²) >= 11 is 0. The highest BCUT2D eigenvalue weighted by Crippen LogP contribution is 2.22. The van der Waals surface area contributed by atoms with E-state index >= 15 is 0 Å². The fourth-order valence-electron chi connectivity index (χ4n) is 2.60. The van der Waals surface area contributed by atoms with Crippen molar-refractivity contribution >= 4 is 0 Å². The van der Waals surface area contributed by atoms with E-state index in [4.69, 9.17) is 5.32 Å². The van der Waals surface area contributed by atoms with Crippen molar-refractivity contribution in [2.45, 2.75) is 57.7 Å². The fourth-order valence-corrected chi connectivity index (χ4v) is 2.60. The molecule has 1 radical (unpaired) electrons. The average molecular weight is 181 g/mol. The third-order valence-corrected chi connectivity index (χ3v) is 3.45. The van der Waals surface area contributed by atoms with E-state index < -0.39 is 0 Å². The Balaban J connectivity index is 1.88. The minimum Gasteiger partial charge on any atom is -0.284 e. The van der Waals surface area contributed by atoms with E-state index in [-0.39, 0.29) is 0 Å². The molecule has 0 aromatic carbocycles. The Labute approximate surface area is 81.7 Å². The summed E-state index contributed by atoms with van der Waals surface area (Å²) in [5.41, 5.74) is 0. The molecular formula is C11H21N2. The molecular weight excluding hydrogens is 160 g/mol. The van der Waals surface area contributed by atoms with Gasteiger partial charge in [-0.3, -0.25) is 4.90 Å². The normalized spacial score (nSPS) is 37.6. The first-order chi connectivity index (χ1) is 6.38. The number of likely N-dealkylation sites (tertiary alicyclic amines) is 1. The largest absolute Gasteiger partial charge is 0.284 e. The van der Waals surface area contributed by atoms with Crippen molar-refractivity contribution in [1.82, 2.24) is 10.2 Å². The van der Waals surface area contributed by atoms with Gasteiger partial charge >= 0.3 is 0 Å². The molecule has 0 aromatic heterocycles. The van der Waals surface area contributed by atoms with E-state index in [0.29, 0.717) is 6.17 Å². The van der Waals surface area contributed by atoms with Crippen molar-refractivity contribution in [3.63, 3.8) is 0 Å². The lowest BCUT2D eigenvalue weighted by Gasteiger charge is -2.40. The van der Waals surface area contributed by atoms with Crippen LogP contribution in [0.2, 0.25) is 0 Å². The van der Waals surface area contributed by atoms with E-state index in [1.54, 1.807) is 0 Å². The monoisotopic (exact) mass is 181 g/mol. The molecule has 0 saturated carbocycles. The maximum Gasteiger partial charge on any atom is 0.0763 e. The van der Waals surface area contributed by atoms with E-state index in [0.717, 1.165) is 12.6 Å². The van der Waals surface area contributed by atoms with Crippen molar-refractivity contribution in [3.8, 4) is 0 Å². The number of hydrogen-bond acceptors (Lipinski definition) is 1. The lowest BCUT2D eigenvalue weighted by atomic mass is 10.0. The number of piperidine rings is 2. The predicted molar refractivity (Wildman–Crippen MR) is 54.7 cm³/mol. The highest BCUT2D eigenvalue weighted by atomic mass is 15.3. The summed E-state index contributed by atoms with van der Waals surface area (Å²) in [7, 11) is 0. The molecule has 2 saturated heterocycles. The molecule has 0 aliphatic carbocycles. The van der Waals surface area contributed by atoms with Gasteiger partial charge in [0.05, 0.1) is 6.17 Å². The number of rotatable bonds is 1. The molecule has 2 aliphatic heterocycles. The average Bonchev–Trinajstić information content (AvgIpc) is 2.20. The quantitative estimate of drug-likeness (QED) is 0.604. The Kier molecular flexibility index (Phi) is 3.23. The van der Waals surface area contributed by atoms with Gasteiger partial charge in [-0.05, 0) is 45.6 Å². The van der Waals surface area contributed by atoms with E-state index in [9.17, 15) is 0 Å². The third-order valence-electron chi connectivity index (χ3n) is 3.45. The van der Waals surface area contributed by atoms with Crippen molar-refractivity contribution in [1.29, 1.82) is 0 Å². The van der Waals surface area contributed by atoms with Crippen LogP contribution in [0, 0.1) is 0 Å². The molecule has 0 bridgehead atoms. The summed E-state index contributed by atoms with van der Waals surface area (Å²) in [4.78, 5) is 2.63. The predicted octanol–water partition coefficient (Wildman–Crippen LogP) is 1.98. The Hall–Kier alpha value is -0.0800. The maximum atomic E-state index is 4.73. The zero-order chi connectivity index (χ0) is 9.10. The van der Waals surface area contributed by atoms with Crippen LogP contribution in [0.1, 0.15) is 45.4 Å². The van der Waals surface area contributed by atoms with Crippen LogP contribution in [0.4, 0.5) is 0 Å². The van der Waals surface area contributed by atoms with Gasteiger partial charge < -0.3 is 0 Å². The molecule has 2 aliphatic rings. The molecule has 2 nitrogen and oxygen atoms in total. The lowest BCUT2D eigenvalue weighted by Crippen LogP contribution is -2.50. The molecule has 2 heteroatoms. The highest BCUT2D eigenvalue weighted by Gasteiger charge is 2.27. The Morgan fingerprint density at radius 1 is 1.08 bits per heavy atom. The summed E-state index contributed by atoms with van der Waals surface area (Å²) < 4.78 is 0. The molecule has 0 spiro atoms. The third kappa shape index (κ3) is 2.23. The first kappa shape index (κ1) is 9.47. The SMILES string of the molecule is CC1CCCCN1C1CCCC[N]1. The maximum absolute atomic E-state index is 4.73. The Bertz CT molecular complexity index is 152. The minimum absolute atomic E-state index is 0.573. The standard InChI is InChI=1S/C11H21N2/c1-10-6-3-5-9-13(10)11-7-2-4-8-12-11/h10-11H,2-9H2,1H3. The molecule has 0 amide bonds. The molecule has 2 fully saturated rings. The Morgan fingerprint density at radius 3 is 2.62 bits per heavy atom. The molecule has 0 aromatic rings. The number of hydrogen-bond donors (Lipinski definition) is 0. The van der Waals surface area contributed by atoms with E-state index in [1.807, 2.05) is 0 Å². The molecule has 13 heavy (non-hydrogen) atoms. The second-order valence-electron chi connectivity index (χ2n) is 4.47. The first-order valence-corrected chi connectivity index (χ1v) is 5.80. The number of nitrogens with zero attached hydrogens (tertiary/aromatic N) is 2. The first-order valence-electron chi connectivity index (χ1n) is 5.80. The zero-order valence-corrected chi connectivity index (χ0v) is 8.71. The second-order valence-corrected chi connectivity index (χ2v) is 4.47. The van der Waals surface area contributed by atoms with Crippen LogP contribution in [0.5, 0.6) is 0 Å². The van der Waals surface area contributed by atoms with Crippen LogP contribution >= 0.6 is 0 Å². The summed E-state index contributed by atoms with van der Waals surface area (Å²) in [5, 5.41) is 4.73. The molecule has 2 atom stereocenters. The minimum atomic E-state index is 0.573. The zero-order valence-electron chi connectivity index (χ0n) is 8.71. The van der Waals surface area contributed by atoms with Crippen LogP contribution in [0.25, 0.3) is 0 Å². The van der Waals surface area contributed by atoms with Crippen LogP contribution < -0.4 is 5.32 Å². The summed E-state index contributed by atoms with van der Waals surface area (Å²) in [6.07, 6.45) is 8.77. The van der Waals surface area contributed by atoms with Crippen LogP contribution in [-0.4, -0.2) is 30.2 Å². The van der Waals surface area contributed by atoms with Gasteiger partial charge in [-0.25, -0.2) is 5.32 Å². The molecule has 2 rings (SSSR count). The topological polar surface area (TPSA) is 17.3 Å². The molecule has 0 N–H and O–H groups in total. The molecule has 2 unspecified atom stereocenters. The summed E-state index contributed by atoms with van der Waals surface area (Å²) in [6, 6.07) is 0.778. The fraction of sp³-hybridized carbons (Fsp3) is 1.00. The van der Waals surface area contributed by atoms with Gasteiger partial charge in [0.2, 0.25) is 0 Å². The van der Waals surface area contributed by atoms with Gasteiger partial charge in [-0.15, -0.1) is 0 Å².